The molecule has 4 aromatic carbocycles. The Morgan fingerprint density at radius 2 is 1.11 bits per heavy atom. The summed E-state index contributed by atoms with van der Waals surface area (Å²) in [5, 5.41) is 0. The molecular weight excluding hydrogens is 472 g/mol. The van der Waals surface area contributed by atoms with Crippen LogP contribution in [-0.2, 0) is 26.4 Å². The second kappa shape index (κ2) is 12.6. The summed E-state index contributed by atoms with van der Waals surface area (Å²) in [5.41, 5.74) is 12.1. The summed E-state index contributed by atoms with van der Waals surface area (Å²) in [6.45, 7) is 1.65. The summed E-state index contributed by atoms with van der Waals surface area (Å²) >= 11 is 0. The predicted molar refractivity (Wildman–Crippen MR) is 150 cm³/mol. The van der Waals surface area contributed by atoms with Gasteiger partial charge in [-0.2, -0.15) is 4.98 Å². The van der Waals surface area contributed by atoms with Crippen molar-refractivity contribution >= 4 is 0 Å². The smallest absolute Gasteiger partial charge is 0.225 e. The van der Waals surface area contributed by atoms with Gasteiger partial charge in [0.25, 0.3) is 0 Å². The number of ether oxygens (including phenoxy) is 3. The Hall–Kier alpha value is -4.61. The van der Waals surface area contributed by atoms with Crippen molar-refractivity contribution in [1.29, 1.82) is 0 Å². The quantitative estimate of drug-likeness (QED) is 0.212. The van der Waals surface area contributed by atoms with Crippen LogP contribution in [-0.4, -0.2) is 4.98 Å². The van der Waals surface area contributed by atoms with Crippen molar-refractivity contribution < 1.29 is 14.2 Å². The highest BCUT2D eigenvalue weighted by Crippen LogP contribution is 2.34. The molecule has 0 saturated heterocycles. The molecule has 0 amide bonds. The monoisotopic (exact) mass is 502 g/mol. The minimum absolute atomic E-state index is 0.351. The van der Waals surface area contributed by atoms with Crippen LogP contribution in [0.25, 0.3) is 11.1 Å². The Morgan fingerprint density at radius 3 is 1.68 bits per heavy atom. The van der Waals surface area contributed by atoms with Crippen LogP contribution < -0.4 is 19.9 Å². The molecule has 0 saturated carbocycles. The summed E-state index contributed by atoms with van der Waals surface area (Å²) in [6, 6.07) is 40.0. The molecule has 5 aromatic rings. The molecule has 1 heterocycles. The van der Waals surface area contributed by atoms with Crippen molar-refractivity contribution in [1.82, 2.24) is 4.98 Å². The van der Waals surface area contributed by atoms with Gasteiger partial charge in [0.05, 0.1) is 0 Å². The first-order valence-electron chi connectivity index (χ1n) is 12.6. The average molecular weight is 503 g/mol. The number of hydrogen-bond donors (Lipinski definition) is 1. The summed E-state index contributed by atoms with van der Waals surface area (Å²) in [5.74, 6) is 1.77. The second-order valence-electron chi connectivity index (χ2n) is 8.85. The fourth-order valence-electron chi connectivity index (χ4n) is 4.07. The Bertz CT molecular complexity index is 1440. The van der Waals surface area contributed by atoms with E-state index in [9.17, 15) is 0 Å². The predicted octanol–water partition coefficient (Wildman–Crippen LogP) is 6.94. The highest BCUT2D eigenvalue weighted by atomic mass is 16.5. The molecule has 0 radical (unpaired) electrons. The zero-order chi connectivity index (χ0) is 26.0. The maximum Gasteiger partial charge on any atom is 0.225 e. The highest BCUT2D eigenvalue weighted by molar-refractivity contribution is 5.70. The van der Waals surface area contributed by atoms with Crippen LogP contribution in [0.3, 0.4) is 0 Å². The van der Waals surface area contributed by atoms with Gasteiger partial charge in [0.2, 0.25) is 11.8 Å². The van der Waals surface area contributed by atoms with Crippen molar-refractivity contribution in [2.24, 2.45) is 5.73 Å². The van der Waals surface area contributed by atoms with E-state index in [-0.39, 0.29) is 0 Å². The number of pyridine rings is 1. The second-order valence-corrected chi connectivity index (χ2v) is 8.85. The van der Waals surface area contributed by atoms with Crippen molar-refractivity contribution in [3.8, 4) is 28.6 Å². The maximum atomic E-state index is 6.23. The van der Waals surface area contributed by atoms with Crippen LogP contribution in [0.4, 0.5) is 0 Å². The van der Waals surface area contributed by atoms with Crippen molar-refractivity contribution in [3.63, 3.8) is 0 Å². The molecular formula is C33H30N2O3. The minimum Gasteiger partial charge on any atom is -0.489 e. The maximum absolute atomic E-state index is 6.23. The first kappa shape index (κ1) is 25.1. The molecule has 190 valence electrons. The van der Waals surface area contributed by atoms with Gasteiger partial charge in [-0.1, -0.05) is 97.1 Å². The standard InChI is InChI=1S/C33H30N2O3/c34-21-29-20-28(16-18-31(29)36-22-25-10-4-1-5-11-25)30-17-19-32(37-23-26-12-6-2-7-13-26)35-33(30)38-24-27-14-8-3-9-15-27/h1-20H,21-24,34H2. The number of aromatic nitrogens is 1. The lowest BCUT2D eigenvalue weighted by atomic mass is 10.0. The van der Waals surface area contributed by atoms with Gasteiger partial charge in [-0.25, -0.2) is 0 Å². The Balaban J connectivity index is 1.39. The van der Waals surface area contributed by atoms with Crippen LogP contribution >= 0.6 is 0 Å². The Labute approximate surface area is 223 Å². The Morgan fingerprint density at radius 1 is 0.553 bits per heavy atom. The number of rotatable bonds is 11. The van der Waals surface area contributed by atoms with Gasteiger partial charge in [-0.3, -0.25) is 0 Å². The molecule has 0 aliphatic rings. The van der Waals surface area contributed by atoms with Crippen LogP contribution in [0, 0.1) is 0 Å². The van der Waals surface area contributed by atoms with Gasteiger partial charge in [0, 0.05) is 23.7 Å². The van der Waals surface area contributed by atoms with Crippen molar-refractivity contribution in [2.75, 3.05) is 0 Å². The largest absolute Gasteiger partial charge is 0.489 e. The van der Waals surface area contributed by atoms with E-state index in [0.29, 0.717) is 38.1 Å². The number of benzene rings is 4. The van der Waals surface area contributed by atoms with Gasteiger partial charge >= 0.3 is 0 Å². The Kier molecular flexibility index (Phi) is 8.29. The lowest BCUT2D eigenvalue weighted by molar-refractivity contribution is 0.268. The normalized spacial score (nSPS) is 10.7. The molecule has 0 aliphatic heterocycles. The fourth-order valence-corrected chi connectivity index (χ4v) is 4.07. The molecule has 1 aromatic heterocycles. The topological polar surface area (TPSA) is 66.6 Å². The molecule has 5 rings (SSSR count). The molecule has 0 spiro atoms. The zero-order valence-electron chi connectivity index (χ0n) is 21.1. The SMILES string of the molecule is NCc1cc(-c2ccc(OCc3ccccc3)nc2OCc2ccccc2)ccc1OCc1ccccc1. The number of nitrogens with two attached hydrogens (primary N) is 1. The van der Waals surface area contributed by atoms with Crippen molar-refractivity contribution in [2.45, 2.75) is 26.4 Å². The molecule has 5 nitrogen and oxygen atoms in total. The van der Waals surface area contributed by atoms with E-state index in [1.165, 1.54) is 0 Å². The molecule has 0 aliphatic carbocycles. The molecule has 38 heavy (non-hydrogen) atoms. The lowest BCUT2D eigenvalue weighted by Gasteiger charge is -2.16. The van der Waals surface area contributed by atoms with E-state index in [2.05, 4.69) is 0 Å². The molecule has 0 fully saturated rings. The van der Waals surface area contributed by atoms with E-state index in [1.807, 2.05) is 121 Å². The number of nitrogens with zero attached hydrogens (tertiary/aromatic N) is 1. The zero-order valence-corrected chi connectivity index (χ0v) is 21.1. The fraction of sp³-hybridized carbons (Fsp3) is 0.121. The third kappa shape index (κ3) is 6.58. The third-order valence-electron chi connectivity index (χ3n) is 6.11. The summed E-state index contributed by atoms with van der Waals surface area (Å²) < 4.78 is 18.3. The molecule has 0 atom stereocenters. The molecule has 2 N–H and O–H groups in total. The van der Waals surface area contributed by atoms with Gasteiger partial charge < -0.3 is 19.9 Å². The van der Waals surface area contributed by atoms with E-state index >= 15 is 0 Å². The first-order valence-corrected chi connectivity index (χ1v) is 12.6. The van der Waals surface area contributed by atoms with Crippen LogP contribution in [0.1, 0.15) is 22.3 Å². The van der Waals surface area contributed by atoms with E-state index in [0.717, 1.165) is 39.1 Å². The summed E-state index contributed by atoms with van der Waals surface area (Å²) in [6.07, 6.45) is 0. The van der Waals surface area contributed by atoms with Gasteiger partial charge in [0.1, 0.15) is 25.6 Å². The van der Waals surface area contributed by atoms with E-state index < -0.39 is 0 Å². The van der Waals surface area contributed by atoms with Crippen LogP contribution in [0.2, 0.25) is 0 Å². The number of hydrogen-bond acceptors (Lipinski definition) is 5. The highest BCUT2D eigenvalue weighted by Gasteiger charge is 2.14. The molecule has 0 unspecified atom stereocenters. The molecule has 0 bridgehead atoms. The average Bonchev–Trinajstić information content (AvgIpc) is 2.99. The van der Waals surface area contributed by atoms with E-state index in [4.69, 9.17) is 24.9 Å². The van der Waals surface area contributed by atoms with Crippen molar-refractivity contribution in [3.05, 3.63) is 144 Å². The molecule has 5 heteroatoms. The lowest BCUT2D eigenvalue weighted by Crippen LogP contribution is -2.04. The first-order chi connectivity index (χ1) is 18.8. The third-order valence-corrected chi connectivity index (χ3v) is 6.11. The minimum atomic E-state index is 0.351. The van der Waals surface area contributed by atoms with Crippen LogP contribution in [0.5, 0.6) is 17.5 Å². The van der Waals surface area contributed by atoms with Gasteiger partial charge in [-0.05, 0) is 40.5 Å². The van der Waals surface area contributed by atoms with Crippen LogP contribution in [0.15, 0.2) is 121 Å². The summed E-state index contributed by atoms with van der Waals surface area (Å²) in [7, 11) is 0. The van der Waals surface area contributed by atoms with E-state index in [1.54, 1.807) is 0 Å². The van der Waals surface area contributed by atoms with Gasteiger partial charge in [0.15, 0.2) is 0 Å². The van der Waals surface area contributed by atoms with Gasteiger partial charge in [-0.15, -0.1) is 0 Å². The summed E-state index contributed by atoms with van der Waals surface area (Å²) in [4.78, 5) is 4.73.